The third kappa shape index (κ3) is 2.62. The second-order valence-electron chi connectivity index (χ2n) is 5.92. The van der Waals surface area contributed by atoms with Crippen molar-refractivity contribution in [3.8, 4) is 0 Å². The Bertz CT molecular complexity index is 659. The summed E-state index contributed by atoms with van der Waals surface area (Å²) in [5.41, 5.74) is 0.522. The van der Waals surface area contributed by atoms with Crippen molar-refractivity contribution in [2.75, 3.05) is 6.54 Å². The Morgan fingerprint density at radius 1 is 1.43 bits per heavy atom. The highest BCUT2D eigenvalue weighted by molar-refractivity contribution is 7.10. The molecule has 0 aromatic carbocycles. The van der Waals surface area contributed by atoms with E-state index in [1.54, 1.807) is 17.6 Å². The van der Waals surface area contributed by atoms with Gasteiger partial charge in [-0.1, -0.05) is 11.6 Å². The molecule has 21 heavy (non-hydrogen) atoms. The third-order valence-corrected chi connectivity index (χ3v) is 5.70. The van der Waals surface area contributed by atoms with Gasteiger partial charge in [-0.3, -0.25) is 4.79 Å². The van der Waals surface area contributed by atoms with E-state index in [1.165, 1.54) is 0 Å². The first-order valence-corrected chi connectivity index (χ1v) is 8.34. The highest BCUT2D eigenvalue weighted by atomic mass is 35.5. The summed E-state index contributed by atoms with van der Waals surface area (Å²) in [6, 6.07) is 3.82. The molecule has 0 saturated heterocycles. The molecule has 2 aromatic rings. The fourth-order valence-electron chi connectivity index (χ4n) is 2.85. The molecule has 0 fully saturated rings. The number of carbonyl (C=O) groups excluding carboxylic acids is 1. The Labute approximate surface area is 133 Å². The van der Waals surface area contributed by atoms with Crippen molar-refractivity contribution in [1.29, 1.82) is 0 Å². The van der Waals surface area contributed by atoms with E-state index in [4.69, 9.17) is 16.0 Å². The Morgan fingerprint density at radius 3 is 2.95 bits per heavy atom. The zero-order chi connectivity index (χ0) is 15.0. The summed E-state index contributed by atoms with van der Waals surface area (Å²) in [4.78, 5) is 15.9. The number of rotatable bonds is 2. The Morgan fingerprint density at radius 2 is 2.24 bits per heavy atom. The van der Waals surface area contributed by atoms with Crippen LogP contribution in [0.4, 0.5) is 0 Å². The summed E-state index contributed by atoms with van der Waals surface area (Å²) in [5, 5.41) is 2.61. The molecule has 3 rings (SSSR count). The van der Waals surface area contributed by atoms with E-state index in [2.05, 4.69) is 0 Å². The smallest absolute Gasteiger partial charge is 0.233 e. The van der Waals surface area contributed by atoms with E-state index in [0.717, 1.165) is 35.6 Å². The van der Waals surface area contributed by atoms with Crippen LogP contribution in [0.25, 0.3) is 0 Å². The number of hydrogen-bond acceptors (Lipinski definition) is 3. The first kappa shape index (κ1) is 14.7. The summed E-state index contributed by atoms with van der Waals surface area (Å²) in [7, 11) is 0. The standard InChI is InChI=1S/C16H18ClNO2S/c1-16(2,14-12(17)6-9-21-14)15(19)18-7-3-4-13-11(10-18)5-8-20-13/h5-6,8-9H,3-4,7,10H2,1-2H3. The van der Waals surface area contributed by atoms with Gasteiger partial charge in [-0.25, -0.2) is 0 Å². The summed E-state index contributed by atoms with van der Waals surface area (Å²) >= 11 is 7.77. The molecule has 1 amide bonds. The van der Waals surface area contributed by atoms with Crippen LogP contribution in [0.5, 0.6) is 0 Å². The van der Waals surface area contributed by atoms with Crippen LogP contribution < -0.4 is 0 Å². The van der Waals surface area contributed by atoms with Crippen LogP contribution in [0, 0.1) is 0 Å². The lowest BCUT2D eigenvalue weighted by atomic mass is 9.89. The van der Waals surface area contributed by atoms with Crippen LogP contribution in [-0.4, -0.2) is 17.4 Å². The fourth-order valence-corrected chi connectivity index (χ4v) is 4.26. The van der Waals surface area contributed by atoms with E-state index in [9.17, 15) is 4.79 Å². The predicted octanol–water partition coefficient (Wildman–Crippen LogP) is 4.25. The van der Waals surface area contributed by atoms with Crippen LogP contribution in [0.15, 0.2) is 28.2 Å². The monoisotopic (exact) mass is 323 g/mol. The van der Waals surface area contributed by atoms with Crippen LogP contribution in [0.2, 0.25) is 5.02 Å². The second-order valence-corrected chi connectivity index (χ2v) is 7.25. The molecule has 1 aliphatic rings. The number of aryl methyl sites for hydroxylation is 1. The molecule has 5 heteroatoms. The Hall–Kier alpha value is -1.26. The molecule has 3 heterocycles. The molecule has 3 nitrogen and oxygen atoms in total. The molecular formula is C16H18ClNO2S. The van der Waals surface area contributed by atoms with E-state index in [-0.39, 0.29) is 5.91 Å². The highest BCUT2D eigenvalue weighted by Gasteiger charge is 2.37. The summed E-state index contributed by atoms with van der Waals surface area (Å²) < 4.78 is 5.48. The van der Waals surface area contributed by atoms with Gasteiger partial charge in [0.05, 0.1) is 16.7 Å². The van der Waals surface area contributed by atoms with E-state index < -0.39 is 5.41 Å². The normalized spacial score (nSPS) is 15.7. The van der Waals surface area contributed by atoms with Gasteiger partial charge >= 0.3 is 0 Å². The van der Waals surface area contributed by atoms with Gasteiger partial charge in [0.15, 0.2) is 0 Å². The summed E-state index contributed by atoms with van der Waals surface area (Å²) in [6.45, 7) is 5.29. The molecule has 2 aromatic heterocycles. The molecule has 0 spiro atoms. The molecule has 112 valence electrons. The Kier molecular flexibility index (Phi) is 3.84. The number of carbonyl (C=O) groups is 1. The van der Waals surface area contributed by atoms with Crippen molar-refractivity contribution in [2.24, 2.45) is 0 Å². The van der Waals surface area contributed by atoms with Gasteiger partial charge in [0.25, 0.3) is 0 Å². The predicted molar refractivity (Wildman–Crippen MR) is 84.8 cm³/mol. The maximum absolute atomic E-state index is 13.0. The average Bonchev–Trinajstić information content (AvgIpc) is 3.02. The minimum absolute atomic E-state index is 0.126. The van der Waals surface area contributed by atoms with Crippen molar-refractivity contribution in [3.63, 3.8) is 0 Å². The van der Waals surface area contributed by atoms with Crippen molar-refractivity contribution in [3.05, 3.63) is 45.0 Å². The zero-order valence-electron chi connectivity index (χ0n) is 12.2. The number of hydrogen-bond donors (Lipinski definition) is 0. The first-order chi connectivity index (χ1) is 10.00. The van der Waals surface area contributed by atoms with Gasteiger partial charge in [-0.15, -0.1) is 11.3 Å². The lowest BCUT2D eigenvalue weighted by Gasteiger charge is -2.31. The molecule has 0 aliphatic carbocycles. The number of thiophene rings is 1. The quantitative estimate of drug-likeness (QED) is 0.828. The third-order valence-electron chi connectivity index (χ3n) is 4.04. The maximum atomic E-state index is 13.0. The minimum Gasteiger partial charge on any atom is -0.469 e. The molecule has 0 atom stereocenters. The highest BCUT2D eigenvalue weighted by Crippen LogP contribution is 2.36. The number of furan rings is 1. The minimum atomic E-state index is -0.598. The van der Waals surface area contributed by atoms with Gasteiger partial charge in [-0.05, 0) is 37.8 Å². The summed E-state index contributed by atoms with van der Waals surface area (Å²) in [5.74, 6) is 1.14. The molecular weight excluding hydrogens is 306 g/mol. The van der Waals surface area contributed by atoms with Crippen molar-refractivity contribution >= 4 is 28.8 Å². The van der Waals surface area contributed by atoms with E-state index >= 15 is 0 Å². The number of halogens is 1. The van der Waals surface area contributed by atoms with Crippen molar-refractivity contribution in [1.82, 2.24) is 4.90 Å². The van der Waals surface area contributed by atoms with Crippen LogP contribution >= 0.6 is 22.9 Å². The number of nitrogens with zero attached hydrogens (tertiary/aromatic N) is 1. The van der Waals surface area contributed by atoms with Gasteiger partial charge in [0.2, 0.25) is 5.91 Å². The molecule has 0 bridgehead atoms. The summed E-state index contributed by atoms with van der Waals surface area (Å²) in [6.07, 6.45) is 3.53. The number of fused-ring (bicyclic) bond motifs is 1. The SMILES string of the molecule is CC(C)(C(=O)N1CCCc2occc2C1)c1sccc1Cl. The zero-order valence-corrected chi connectivity index (χ0v) is 13.8. The lowest BCUT2D eigenvalue weighted by Crippen LogP contribution is -2.43. The molecule has 0 radical (unpaired) electrons. The van der Waals surface area contributed by atoms with Gasteiger partial charge < -0.3 is 9.32 Å². The van der Waals surface area contributed by atoms with Crippen LogP contribution in [0.3, 0.4) is 0 Å². The van der Waals surface area contributed by atoms with E-state index in [1.807, 2.05) is 36.3 Å². The molecule has 0 N–H and O–H groups in total. The van der Waals surface area contributed by atoms with E-state index in [0.29, 0.717) is 11.6 Å². The van der Waals surface area contributed by atoms with Crippen LogP contribution in [0.1, 0.15) is 36.5 Å². The number of amides is 1. The first-order valence-electron chi connectivity index (χ1n) is 7.08. The van der Waals surface area contributed by atoms with Crippen molar-refractivity contribution < 1.29 is 9.21 Å². The van der Waals surface area contributed by atoms with Crippen molar-refractivity contribution in [2.45, 2.75) is 38.6 Å². The van der Waals surface area contributed by atoms with Crippen LogP contribution in [-0.2, 0) is 23.2 Å². The van der Waals surface area contributed by atoms with Gasteiger partial charge in [0.1, 0.15) is 5.76 Å². The van der Waals surface area contributed by atoms with Gasteiger partial charge in [-0.2, -0.15) is 0 Å². The topological polar surface area (TPSA) is 33.5 Å². The second kappa shape index (κ2) is 5.50. The molecule has 0 saturated carbocycles. The fraction of sp³-hybridized carbons (Fsp3) is 0.438. The lowest BCUT2D eigenvalue weighted by molar-refractivity contribution is -0.136. The molecule has 0 unspecified atom stereocenters. The molecule has 1 aliphatic heterocycles. The Balaban J connectivity index is 1.86. The average molecular weight is 324 g/mol. The van der Waals surface area contributed by atoms with Gasteiger partial charge in [0, 0.05) is 30.0 Å². The maximum Gasteiger partial charge on any atom is 0.233 e. The largest absolute Gasteiger partial charge is 0.469 e.